The lowest BCUT2D eigenvalue weighted by Gasteiger charge is -2.27. The molecule has 1 saturated heterocycles. The van der Waals surface area contributed by atoms with E-state index < -0.39 is 0 Å². The van der Waals surface area contributed by atoms with Crippen molar-refractivity contribution in [3.05, 3.63) is 47.3 Å². The first-order valence-electron chi connectivity index (χ1n) is 8.93. The number of ether oxygens (including phenoxy) is 1. The molecule has 0 saturated carbocycles. The number of hydrogen-bond acceptors (Lipinski definition) is 5. The van der Waals surface area contributed by atoms with Crippen LogP contribution in [0.25, 0.3) is 0 Å². The van der Waals surface area contributed by atoms with E-state index >= 15 is 0 Å². The van der Waals surface area contributed by atoms with Crippen LogP contribution >= 0.6 is 0 Å². The van der Waals surface area contributed by atoms with Gasteiger partial charge >= 0.3 is 0 Å². The molecule has 0 spiro atoms. The van der Waals surface area contributed by atoms with Crippen LogP contribution in [0.4, 0.5) is 11.6 Å². The van der Waals surface area contributed by atoms with E-state index in [1.54, 1.807) is 6.07 Å². The molecular weight excluding hydrogens is 328 g/mol. The third-order valence-electron chi connectivity index (χ3n) is 4.38. The zero-order chi connectivity index (χ0) is 18.7. The van der Waals surface area contributed by atoms with Crippen LogP contribution in [-0.2, 0) is 10.2 Å². The Morgan fingerprint density at radius 3 is 2.38 bits per heavy atom. The van der Waals surface area contributed by atoms with Gasteiger partial charge in [0.15, 0.2) is 0 Å². The van der Waals surface area contributed by atoms with E-state index in [1.807, 2.05) is 36.1 Å². The Balaban J connectivity index is 1.76. The van der Waals surface area contributed by atoms with Crippen LogP contribution in [0, 0.1) is 6.92 Å². The quantitative estimate of drug-likeness (QED) is 0.917. The molecule has 0 radical (unpaired) electrons. The molecule has 1 amide bonds. The fourth-order valence-corrected chi connectivity index (χ4v) is 2.82. The molecule has 0 unspecified atom stereocenters. The highest BCUT2D eigenvalue weighted by Gasteiger charge is 2.18. The maximum Gasteiger partial charge on any atom is 0.274 e. The maximum atomic E-state index is 12.6. The Hall–Kier alpha value is -2.47. The largest absolute Gasteiger partial charge is 0.378 e. The summed E-state index contributed by atoms with van der Waals surface area (Å²) in [6, 6.07) is 9.65. The van der Waals surface area contributed by atoms with Crippen molar-refractivity contribution in [2.45, 2.75) is 33.1 Å². The average Bonchev–Trinajstić information content (AvgIpc) is 2.61. The lowest BCUT2D eigenvalue weighted by molar-refractivity contribution is 0.102. The highest BCUT2D eigenvalue weighted by molar-refractivity contribution is 6.03. The molecule has 1 aliphatic rings. The normalized spacial score (nSPS) is 15.0. The summed E-state index contributed by atoms with van der Waals surface area (Å²) >= 11 is 0. The number of morpholine rings is 1. The number of nitrogens with one attached hydrogen (secondary N) is 1. The average molecular weight is 354 g/mol. The summed E-state index contributed by atoms with van der Waals surface area (Å²) in [5.74, 6) is 0.357. The van der Waals surface area contributed by atoms with Crippen molar-refractivity contribution < 1.29 is 9.53 Å². The zero-order valence-electron chi connectivity index (χ0n) is 15.9. The first kappa shape index (κ1) is 18.3. The summed E-state index contributed by atoms with van der Waals surface area (Å²) in [5.41, 5.74) is 3.21. The van der Waals surface area contributed by atoms with Gasteiger partial charge in [-0.2, -0.15) is 0 Å². The summed E-state index contributed by atoms with van der Waals surface area (Å²) in [6.07, 6.45) is 0. The van der Waals surface area contributed by atoms with Crippen molar-refractivity contribution >= 4 is 17.5 Å². The minimum absolute atomic E-state index is 0.0827. The molecule has 1 aliphatic heterocycles. The van der Waals surface area contributed by atoms with Crippen LogP contribution in [0.2, 0.25) is 0 Å². The van der Waals surface area contributed by atoms with Gasteiger partial charge in [0.1, 0.15) is 5.69 Å². The van der Waals surface area contributed by atoms with Gasteiger partial charge in [-0.15, -0.1) is 0 Å². The van der Waals surface area contributed by atoms with Crippen LogP contribution in [0.5, 0.6) is 0 Å². The molecule has 1 N–H and O–H groups in total. The summed E-state index contributed by atoms with van der Waals surface area (Å²) in [4.78, 5) is 23.6. The Kier molecular flexibility index (Phi) is 5.23. The molecule has 1 aromatic heterocycles. The van der Waals surface area contributed by atoms with Crippen LogP contribution in [0.15, 0.2) is 30.3 Å². The predicted molar refractivity (Wildman–Crippen MR) is 103 cm³/mol. The van der Waals surface area contributed by atoms with Crippen molar-refractivity contribution in [3.8, 4) is 0 Å². The smallest absolute Gasteiger partial charge is 0.274 e. The number of benzene rings is 1. The standard InChI is InChI=1S/C20H26N4O2/c1-14-13-17(23-19(21-14)24-9-11-26-12-10-24)18(25)22-16-7-5-15(6-8-16)20(2,3)4/h5-8,13H,9-12H2,1-4H3,(H,22,25). The second-order valence-electron chi connectivity index (χ2n) is 7.58. The van der Waals surface area contributed by atoms with Crippen LogP contribution in [0.1, 0.15) is 42.5 Å². The van der Waals surface area contributed by atoms with Crippen molar-refractivity contribution in [3.63, 3.8) is 0 Å². The van der Waals surface area contributed by atoms with Gasteiger partial charge in [-0.25, -0.2) is 9.97 Å². The fraction of sp³-hybridized carbons (Fsp3) is 0.450. The molecule has 2 aromatic rings. The molecule has 0 aliphatic carbocycles. The molecule has 0 atom stereocenters. The Morgan fingerprint density at radius 1 is 1.12 bits per heavy atom. The van der Waals surface area contributed by atoms with Gasteiger partial charge in [0.25, 0.3) is 5.91 Å². The van der Waals surface area contributed by atoms with Crippen molar-refractivity contribution in [1.82, 2.24) is 9.97 Å². The first-order valence-corrected chi connectivity index (χ1v) is 8.93. The van der Waals surface area contributed by atoms with E-state index in [0.29, 0.717) is 24.9 Å². The van der Waals surface area contributed by atoms with Gasteiger partial charge in [0.05, 0.1) is 13.2 Å². The Labute approximate surface area is 154 Å². The van der Waals surface area contributed by atoms with Gasteiger partial charge in [-0.3, -0.25) is 4.79 Å². The molecule has 26 heavy (non-hydrogen) atoms. The van der Waals surface area contributed by atoms with E-state index in [4.69, 9.17) is 4.74 Å². The highest BCUT2D eigenvalue weighted by Crippen LogP contribution is 2.23. The summed E-state index contributed by atoms with van der Waals surface area (Å²) < 4.78 is 5.37. The van der Waals surface area contributed by atoms with Gasteiger partial charge in [0, 0.05) is 24.5 Å². The molecule has 3 rings (SSSR count). The predicted octanol–water partition coefficient (Wildman–Crippen LogP) is 3.17. The van der Waals surface area contributed by atoms with Crippen molar-refractivity contribution in [2.75, 3.05) is 36.5 Å². The Bertz CT molecular complexity index is 775. The highest BCUT2D eigenvalue weighted by atomic mass is 16.5. The topological polar surface area (TPSA) is 67.4 Å². The van der Waals surface area contributed by atoms with E-state index in [1.165, 1.54) is 5.56 Å². The third-order valence-corrected chi connectivity index (χ3v) is 4.38. The second-order valence-corrected chi connectivity index (χ2v) is 7.58. The monoisotopic (exact) mass is 354 g/mol. The molecule has 0 bridgehead atoms. The van der Waals surface area contributed by atoms with Crippen LogP contribution in [-0.4, -0.2) is 42.2 Å². The van der Waals surface area contributed by atoms with Gasteiger partial charge in [-0.1, -0.05) is 32.9 Å². The molecule has 6 nitrogen and oxygen atoms in total. The molecule has 1 aromatic carbocycles. The Morgan fingerprint density at radius 2 is 1.77 bits per heavy atom. The third kappa shape index (κ3) is 4.38. The molecule has 1 fully saturated rings. The van der Waals surface area contributed by atoms with E-state index in [0.717, 1.165) is 24.5 Å². The number of carbonyl (C=O) groups is 1. The number of carbonyl (C=O) groups excluding carboxylic acids is 1. The summed E-state index contributed by atoms with van der Waals surface area (Å²) in [6.45, 7) is 11.1. The number of nitrogens with zero attached hydrogens (tertiary/aromatic N) is 3. The van der Waals surface area contributed by atoms with Gasteiger partial charge in [0.2, 0.25) is 5.95 Å². The number of rotatable bonds is 3. The zero-order valence-corrected chi connectivity index (χ0v) is 15.9. The number of anilines is 2. The number of hydrogen-bond donors (Lipinski definition) is 1. The van der Waals surface area contributed by atoms with Gasteiger partial charge in [-0.05, 0) is 36.1 Å². The number of amides is 1. The van der Waals surface area contributed by atoms with Crippen molar-refractivity contribution in [2.24, 2.45) is 0 Å². The van der Waals surface area contributed by atoms with Crippen LogP contribution in [0.3, 0.4) is 0 Å². The SMILES string of the molecule is Cc1cc(C(=O)Nc2ccc(C(C)(C)C)cc2)nc(N2CCOCC2)n1. The summed E-state index contributed by atoms with van der Waals surface area (Å²) in [5, 5.41) is 2.92. The summed E-state index contributed by atoms with van der Waals surface area (Å²) in [7, 11) is 0. The molecule has 2 heterocycles. The molecule has 138 valence electrons. The number of aryl methyl sites for hydroxylation is 1. The molecular formula is C20H26N4O2. The van der Waals surface area contributed by atoms with Crippen molar-refractivity contribution in [1.29, 1.82) is 0 Å². The molecule has 6 heteroatoms. The first-order chi connectivity index (χ1) is 12.3. The number of aromatic nitrogens is 2. The van der Waals surface area contributed by atoms with E-state index in [2.05, 4.69) is 36.1 Å². The lowest BCUT2D eigenvalue weighted by Crippen LogP contribution is -2.37. The van der Waals surface area contributed by atoms with Gasteiger partial charge < -0.3 is 15.0 Å². The van der Waals surface area contributed by atoms with Crippen LogP contribution < -0.4 is 10.2 Å². The second kappa shape index (κ2) is 7.41. The fourth-order valence-electron chi connectivity index (χ4n) is 2.82. The lowest BCUT2D eigenvalue weighted by atomic mass is 9.87. The maximum absolute atomic E-state index is 12.6. The van der Waals surface area contributed by atoms with E-state index in [-0.39, 0.29) is 11.3 Å². The van der Waals surface area contributed by atoms with E-state index in [9.17, 15) is 4.79 Å². The minimum Gasteiger partial charge on any atom is -0.378 e. The minimum atomic E-state index is -0.228.